The first-order chi connectivity index (χ1) is 28.6. The highest BCUT2D eigenvalue weighted by Gasteiger charge is 2.23. The molecule has 0 saturated carbocycles. The van der Waals surface area contributed by atoms with Crippen LogP contribution in [0.1, 0.15) is 0 Å². The van der Waals surface area contributed by atoms with Gasteiger partial charge in [0.05, 0.1) is 11.0 Å². The molecule has 10 aromatic carbocycles. The van der Waals surface area contributed by atoms with Crippen LogP contribution in [0.3, 0.4) is 0 Å². The maximum Gasteiger partial charge on any atom is 0.0742 e. The van der Waals surface area contributed by atoms with Gasteiger partial charge in [0.2, 0.25) is 0 Å². The maximum absolute atomic E-state index is 2.45. The van der Waals surface area contributed by atoms with E-state index in [4.69, 9.17) is 0 Å². The molecule has 0 unspecified atom stereocenters. The minimum Gasteiger partial charge on any atom is -0.342 e. The van der Waals surface area contributed by atoms with E-state index in [9.17, 15) is 0 Å². The van der Waals surface area contributed by atoms with Crippen LogP contribution >= 0.6 is 0 Å². The Hall–Kier alpha value is -7.42. The smallest absolute Gasteiger partial charge is 0.0742 e. The molecule has 0 bridgehead atoms. The van der Waals surface area contributed by atoms with Crippen molar-refractivity contribution in [1.82, 2.24) is 9.13 Å². The van der Waals surface area contributed by atoms with Crippen molar-refractivity contribution in [2.75, 3.05) is 0 Å². The van der Waals surface area contributed by atoms with Crippen LogP contribution in [0.4, 0.5) is 0 Å². The molecule has 0 saturated heterocycles. The number of aryl methyl sites for hydroxylation is 2. The minimum atomic E-state index is 1.22. The van der Waals surface area contributed by atoms with Gasteiger partial charge in [0.1, 0.15) is 0 Å². The van der Waals surface area contributed by atoms with E-state index in [1.54, 1.807) is 0 Å². The van der Waals surface area contributed by atoms with E-state index in [0.29, 0.717) is 0 Å². The van der Waals surface area contributed by atoms with Crippen molar-refractivity contribution in [3.8, 4) is 44.5 Å². The lowest BCUT2D eigenvalue weighted by molar-refractivity contribution is 0.987. The monoisotopic (exact) mass is 738 g/mol. The van der Waals surface area contributed by atoms with Crippen LogP contribution in [0, 0.1) is 0 Å². The minimum absolute atomic E-state index is 1.22. The van der Waals surface area contributed by atoms with Crippen LogP contribution in [-0.4, -0.2) is 9.13 Å². The van der Waals surface area contributed by atoms with Crippen molar-refractivity contribution in [3.63, 3.8) is 0 Å². The number of hydrogen-bond donors (Lipinski definition) is 0. The summed E-state index contributed by atoms with van der Waals surface area (Å²) in [5.74, 6) is 0. The largest absolute Gasteiger partial charge is 0.342 e. The van der Waals surface area contributed by atoms with Gasteiger partial charge >= 0.3 is 0 Å². The highest BCUT2D eigenvalue weighted by molar-refractivity contribution is 6.36. The normalized spacial score (nSPS) is 12.0. The lowest BCUT2D eigenvalue weighted by atomic mass is 9.89. The molecule has 272 valence electrons. The topological polar surface area (TPSA) is 9.86 Å². The van der Waals surface area contributed by atoms with Gasteiger partial charge in [-0.2, -0.15) is 0 Å². The summed E-state index contributed by atoms with van der Waals surface area (Å²) in [5.41, 5.74) is 14.9. The van der Waals surface area contributed by atoms with Crippen molar-refractivity contribution in [1.29, 1.82) is 0 Å². The Balaban J connectivity index is 1.15. The molecule has 58 heavy (non-hydrogen) atoms. The molecular weight excluding hydrogens is 701 g/mol. The van der Waals surface area contributed by atoms with Gasteiger partial charge in [-0.3, -0.25) is 0 Å². The molecule has 0 amide bonds. The van der Waals surface area contributed by atoms with Gasteiger partial charge in [0, 0.05) is 46.7 Å². The van der Waals surface area contributed by atoms with E-state index in [1.165, 1.54) is 120 Å². The molecule has 0 fully saturated rings. The first-order valence-corrected chi connectivity index (χ1v) is 20.1. The van der Waals surface area contributed by atoms with Crippen LogP contribution in [0.5, 0.6) is 0 Å². The zero-order valence-electron chi connectivity index (χ0n) is 32.4. The molecule has 0 N–H and O–H groups in total. The number of hydrogen-bond acceptors (Lipinski definition) is 0. The average Bonchev–Trinajstić information content (AvgIpc) is 3.75. The molecule has 12 aromatic rings. The van der Waals surface area contributed by atoms with Crippen molar-refractivity contribution in [2.24, 2.45) is 14.1 Å². The second-order valence-corrected chi connectivity index (χ2v) is 15.7. The van der Waals surface area contributed by atoms with E-state index in [2.05, 4.69) is 217 Å². The van der Waals surface area contributed by atoms with E-state index >= 15 is 0 Å². The molecule has 2 heterocycles. The van der Waals surface area contributed by atoms with E-state index in [-0.39, 0.29) is 0 Å². The van der Waals surface area contributed by atoms with Crippen molar-refractivity contribution >= 4 is 75.9 Å². The fraction of sp³-hybridized carbons (Fsp3) is 0.0357. The van der Waals surface area contributed by atoms with Crippen LogP contribution in [0.25, 0.3) is 120 Å². The SMILES string of the molecule is Cn1c2cc(-c3c(-c4ccccc4)ccc4ccccc34)ccc2c2c3ccccc3c3c4ccc(-c5c(-c6ccccc6)ccc6ccccc56)cc4n(C)c3c21. The molecule has 0 aliphatic carbocycles. The molecular formula is C56H38N2. The van der Waals surface area contributed by atoms with Gasteiger partial charge in [-0.05, 0) is 89.0 Å². The number of fused-ring (bicyclic) bond motifs is 12. The van der Waals surface area contributed by atoms with Gasteiger partial charge in [-0.1, -0.05) is 182 Å². The lowest BCUT2D eigenvalue weighted by Crippen LogP contribution is -1.94. The third-order valence-electron chi connectivity index (χ3n) is 12.7. The zero-order chi connectivity index (χ0) is 38.5. The second-order valence-electron chi connectivity index (χ2n) is 15.7. The zero-order valence-corrected chi connectivity index (χ0v) is 32.4. The summed E-state index contributed by atoms with van der Waals surface area (Å²) in [6, 6.07) is 71.6. The molecule has 0 atom stereocenters. The van der Waals surface area contributed by atoms with Crippen LogP contribution in [-0.2, 0) is 14.1 Å². The number of rotatable bonds is 4. The quantitative estimate of drug-likeness (QED) is 0.170. The number of nitrogens with zero attached hydrogens (tertiary/aromatic N) is 2. The number of benzene rings is 10. The molecule has 0 spiro atoms. The van der Waals surface area contributed by atoms with Crippen molar-refractivity contribution in [2.45, 2.75) is 0 Å². The summed E-state index contributed by atoms with van der Waals surface area (Å²) in [4.78, 5) is 0. The lowest BCUT2D eigenvalue weighted by Gasteiger charge is -2.15. The van der Waals surface area contributed by atoms with Gasteiger partial charge in [0.25, 0.3) is 0 Å². The van der Waals surface area contributed by atoms with Gasteiger partial charge in [-0.15, -0.1) is 0 Å². The average molecular weight is 739 g/mol. The Kier molecular flexibility index (Phi) is 7.09. The summed E-state index contributed by atoms with van der Waals surface area (Å²) in [6.45, 7) is 0. The van der Waals surface area contributed by atoms with Crippen LogP contribution in [0.2, 0.25) is 0 Å². The second kappa shape index (κ2) is 12.5. The Morgan fingerprint density at radius 2 is 0.672 bits per heavy atom. The van der Waals surface area contributed by atoms with Crippen LogP contribution < -0.4 is 0 Å². The predicted molar refractivity (Wildman–Crippen MR) is 249 cm³/mol. The molecule has 2 heteroatoms. The summed E-state index contributed by atoms with van der Waals surface area (Å²) < 4.78 is 4.91. The summed E-state index contributed by atoms with van der Waals surface area (Å²) in [5, 5.41) is 12.8. The van der Waals surface area contributed by atoms with Gasteiger partial charge in [0.15, 0.2) is 0 Å². The van der Waals surface area contributed by atoms with Crippen molar-refractivity contribution < 1.29 is 0 Å². The summed E-state index contributed by atoms with van der Waals surface area (Å²) >= 11 is 0. The third kappa shape index (κ3) is 4.66. The van der Waals surface area contributed by atoms with Gasteiger partial charge < -0.3 is 9.13 Å². The van der Waals surface area contributed by atoms with Crippen LogP contribution in [0.15, 0.2) is 194 Å². The number of aromatic nitrogens is 2. The molecule has 12 rings (SSSR count). The van der Waals surface area contributed by atoms with E-state index in [1.807, 2.05) is 0 Å². The summed E-state index contributed by atoms with van der Waals surface area (Å²) in [7, 11) is 4.52. The fourth-order valence-electron chi connectivity index (χ4n) is 10.1. The highest BCUT2D eigenvalue weighted by atomic mass is 15.0. The highest BCUT2D eigenvalue weighted by Crippen LogP contribution is 2.47. The Morgan fingerprint density at radius 3 is 1.10 bits per heavy atom. The Bertz CT molecular complexity index is 3380. The molecule has 0 aliphatic heterocycles. The van der Waals surface area contributed by atoms with E-state index < -0.39 is 0 Å². The van der Waals surface area contributed by atoms with E-state index in [0.717, 1.165) is 0 Å². The van der Waals surface area contributed by atoms with Crippen molar-refractivity contribution in [3.05, 3.63) is 194 Å². The summed E-state index contributed by atoms with van der Waals surface area (Å²) in [6.07, 6.45) is 0. The fourth-order valence-corrected chi connectivity index (χ4v) is 10.1. The predicted octanol–water partition coefficient (Wildman–Crippen LogP) is 15.1. The first-order valence-electron chi connectivity index (χ1n) is 20.1. The van der Waals surface area contributed by atoms with Gasteiger partial charge in [-0.25, -0.2) is 0 Å². The Labute approximate surface area is 336 Å². The first kappa shape index (κ1) is 32.8. The Morgan fingerprint density at radius 1 is 0.293 bits per heavy atom. The molecule has 2 aromatic heterocycles. The molecule has 0 radical (unpaired) electrons. The third-order valence-corrected chi connectivity index (χ3v) is 12.7. The maximum atomic E-state index is 2.45. The standard InChI is InChI=1S/C56H38N2/c1-57-49-33-39(51-41-21-11-9-19-37(41)25-29-43(51)35-15-5-3-6-16-35)27-31-47(49)53-45-23-13-14-24-46(45)54-48-32-28-40(34-50(48)58(2)56(54)55(53)57)52-42-22-12-10-20-38(42)26-30-44(52)36-17-7-4-8-18-36/h3-34H,1-2H3. The molecule has 0 aliphatic rings. The molecule has 2 nitrogen and oxygen atoms in total.